The van der Waals surface area contributed by atoms with Crippen LogP contribution in [0.4, 0.5) is 5.82 Å². The van der Waals surface area contributed by atoms with Crippen LogP contribution in [0.1, 0.15) is 38.2 Å². The maximum Gasteiger partial charge on any atom is 0.130 e. The quantitative estimate of drug-likeness (QED) is 0.791. The molecule has 1 N–H and O–H groups in total. The normalized spacial score (nSPS) is 12.5. The molecule has 0 aromatic carbocycles. The molecule has 0 amide bonds. The molecule has 0 aliphatic carbocycles. The second-order valence-corrected chi connectivity index (χ2v) is 4.23. The summed E-state index contributed by atoms with van der Waals surface area (Å²) in [5, 5.41) is 3.42. The van der Waals surface area contributed by atoms with Gasteiger partial charge in [-0.15, -0.1) is 0 Å². The zero-order valence-electron chi connectivity index (χ0n) is 11.3. The average molecular weight is 237 g/mol. The monoisotopic (exact) mass is 237 g/mol. The molecule has 0 saturated carbocycles. The van der Waals surface area contributed by atoms with Gasteiger partial charge in [0.2, 0.25) is 0 Å². The van der Waals surface area contributed by atoms with E-state index in [0.717, 1.165) is 36.6 Å². The Balaban J connectivity index is 2.73. The molecule has 4 heteroatoms. The molecular weight excluding hydrogens is 214 g/mol. The lowest BCUT2D eigenvalue weighted by Crippen LogP contribution is -2.25. The number of methoxy groups -OCH3 is 1. The number of rotatable bonds is 7. The SMILES string of the molecule is CCCC(COC)Nc1cc(CC)nc(C)n1. The van der Waals surface area contributed by atoms with Crippen molar-refractivity contribution >= 4 is 5.82 Å². The summed E-state index contributed by atoms with van der Waals surface area (Å²) in [6.07, 6.45) is 3.14. The topological polar surface area (TPSA) is 47.0 Å². The van der Waals surface area contributed by atoms with E-state index in [2.05, 4.69) is 29.1 Å². The molecule has 1 rings (SSSR count). The lowest BCUT2D eigenvalue weighted by molar-refractivity contribution is 0.182. The fraction of sp³-hybridized carbons (Fsp3) is 0.692. The highest BCUT2D eigenvalue weighted by Crippen LogP contribution is 2.11. The van der Waals surface area contributed by atoms with E-state index in [9.17, 15) is 0 Å². The number of hydrogen-bond donors (Lipinski definition) is 1. The molecule has 1 unspecified atom stereocenters. The van der Waals surface area contributed by atoms with Crippen molar-refractivity contribution in [2.75, 3.05) is 19.0 Å². The van der Waals surface area contributed by atoms with Crippen molar-refractivity contribution in [3.63, 3.8) is 0 Å². The van der Waals surface area contributed by atoms with Gasteiger partial charge < -0.3 is 10.1 Å². The second kappa shape index (κ2) is 7.22. The molecule has 17 heavy (non-hydrogen) atoms. The van der Waals surface area contributed by atoms with Crippen LogP contribution in [0.15, 0.2) is 6.07 Å². The van der Waals surface area contributed by atoms with Gasteiger partial charge in [-0.2, -0.15) is 0 Å². The highest BCUT2D eigenvalue weighted by atomic mass is 16.5. The zero-order chi connectivity index (χ0) is 12.7. The molecule has 0 spiro atoms. The Hall–Kier alpha value is -1.16. The summed E-state index contributed by atoms with van der Waals surface area (Å²) < 4.78 is 5.21. The highest BCUT2D eigenvalue weighted by molar-refractivity contribution is 5.37. The molecule has 1 aromatic rings. The second-order valence-electron chi connectivity index (χ2n) is 4.23. The predicted octanol–water partition coefficient (Wildman–Crippen LogP) is 2.57. The molecule has 0 bridgehead atoms. The Morgan fingerprint density at radius 1 is 1.35 bits per heavy atom. The van der Waals surface area contributed by atoms with Crippen LogP contribution < -0.4 is 5.32 Å². The largest absolute Gasteiger partial charge is 0.383 e. The van der Waals surface area contributed by atoms with Crippen LogP contribution in [-0.2, 0) is 11.2 Å². The van der Waals surface area contributed by atoms with Gasteiger partial charge in [-0.25, -0.2) is 9.97 Å². The van der Waals surface area contributed by atoms with Gasteiger partial charge in [0, 0.05) is 18.9 Å². The Kier molecular flexibility index (Phi) is 5.91. The standard InChI is InChI=1S/C13H23N3O/c1-5-7-12(9-17-4)16-13-8-11(6-2)14-10(3)15-13/h8,12H,5-7,9H2,1-4H3,(H,14,15,16). The highest BCUT2D eigenvalue weighted by Gasteiger charge is 2.09. The van der Waals surface area contributed by atoms with E-state index in [1.54, 1.807) is 7.11 Å². The minimum atomic E-state index is 0.323. The summed E-state index contributed by atoms with van der Waals surface area (Å²) in [6, 6.07) is 2.34. The molecule has 0 radical (unpaired) electrons. The Morgan fingerprint density at radius 2 is 2.12 bits per heavy atom. The number of ether oxygens (including phenoxy) is 1. The number of aromatic nitrogens is 2. The van der Waals surface area contributed by atoms with Crippen LogP contribution in [0.3, 0.4) is 0 Å². The van der Waals surface area contributed by atoms with E-state index in [1.807, 2.05) is 13.0 Å². The van der Waals surface area contributed by atoms with Crippen molar-refractivity contribution in [3.05, 3.63) is 17.6 Å². The fourth-order valence-electron chi connectivity index (χ4n) is 1.84. The molecule has 96 valence electrons. The lowest BCUT2D eigenvalue weighted by atomic mass is 10.2. The van der Waals surface area contributed by atoms with Crippen LogP contribution in [0.5, 0.6) is 0 Å². The van der Waals surface area contributed by atoms with Crippen LogP contribution >= 0.6 is 0 Å². The van der Waals surface area contributed by atoms with E-state index < -0.39 is 0 Å². The number of nitrogens with zero attached hydrogens (tertiary/aromatic N) is 2. The molecule has 4 nitrogen and oxygen atoms in total. The van der Waals surface area contributed by atoms with Crippen LogP contribution in [-0.4, -0.2) is 29.7 Å². The average Bonchev–Trinajstić information content (AvgIpc) is 2.29. The van der Waals surface area contributed by atoms with Gasteiger partial charge >= 0.3 is 0 Å². The van der Waals surface area contributed by atoms with E-state index in [0.29, 0.717) is 12.6 Å². The summed E-state index contributed by atoms with van der Waals surface area (Å²) in [5.41, 5.74) is 1.08. The number of hydrogen-bond acceptors (Lipinski definition) is 4. The van der Waals surface area contributed by atoms with Gasteiger partial charge in [-0.05, 0) is 19.8 Å². The molecule has 1 heterocycles. The molecule has 1 aromatic heterocycles. The fourth-order valence-corrected chi connectivity index (χ4v) is 1.84. The number of aryl methyl sites for hydroxylation is 2. The predicted molar refractivity (Wildman–Crippen MR) is 70.3 cm³/mol. The minimum absolute atomic E-state index is 0.323. The number of nitrogens with one attached hydrogen (secondary N) is 1. The third-order valence-electron chi connectivity index (χ3n) is 2.61. The Bertz CT molecular complexity index is 335. The molecule has 1 atom stereocenters. The van der Waals surface area contributed by atoms with Crippen molar-refractivity contribution < 1.29 is 4.74 Å². The van der Waals surface area contributed by atoms with Crippen LogP contribution in [0, 0.1) is 6.92 Å². The van der Waals surface area contributed by atoms with Crippen LogP contribution in [0.25, 0.3) is 0 Å². The van der Waals surface area contributed by atoms with Crippen molar-refractivity contribution in [2.45, 2.75) is 46.1 Å². The van der Waals surface area contributed by atoms with E-state index in [1.165, 1.54) is 0 Å². The van der Waals surface area contributed by atoms with Crippen LogP contribution in [0.2, 0.25) is 0 Å². The van der Waals surface area contributed by atoms with Crippen molar-refractivity contribution in [2.24, 2.45) is 0 Å². The summed E-state index contributed by atoms with van der Waals surface area (Å²) in [7, 11) is 1.73. The summed E-state index contributed by atoms with van der Waals surface area (Å²) in [6.45, 7) is 6.91. The van der Waals surface area contributed by atoms with Gasteiger partial charge in [0.25, 0.3) is 0 Å². The van der Waals surface area contributed by atoms with E-state index in [4.69, 9.17) is 4.74 Å². The first kappa shape index (κ1) is 13.9. The maximum atomic E-state index is 5.21. The maximum absolute atomic E-state index is 5.21. The first-order chi connectivity index (χ1) is 8.19. The van der Waals surface area contributed by atoms with Gasteiger partial charge in [0.05, 0.1) is 12.6 Å². The summed E-state index contributed by atoms with van der Waals surface area (Å²) in [5.74, 6) is 1.73. The smallest absolute Gasteiger partial charge is 0.130 e. The molecule has 0 aliphatic heterocycles. The summed E-state index contributed by atoms with van der Waals surface area (Å²) in [4.78, 5) is 8.78. The Labute approximate surface area is 104 Å². The molecule has 0 aliphatic rings. The van der Waals surface area contributed by atoms with Gasteiger partial charge in [0.1, 0.15) is 11.6 Å². The van der Waals surface area contributed by atoms with Gasteiger partial charge in [-0.3, -0.25) is 0 Å². The van der Waals surface area contributed by atoms with Crippen molar-refractivity contribution in [1.82, 2.24) is 9.97 Å². The zero-order valence-corrected chi connectivity index (χ0v) is 11.3. The number of anilines is 1. The first-order valence-electron chi connectivity index (χ1n) is 6.29. The van der Waals surface area contributed by atoms with Crippen molar-refractivity contribution in [1.29, 1.82) is 0 Å². The summed E-state index contributed by atoms with van der Waals surface area (Å²) >= 11 is 0. The first-order valence-corrected chi connectivity index (χ1v) is 6.29. The molecular formula is C13H23N3O. The minimum Gasteiger partial charge on any atom is -0.383 e. The molecule has 0 saturated heterocycles. The Morgan fingerprint density at radius 3 is 2.71 bits per heavy atom. The van der Waals surface area contributed by atoms with Gasteiger partial charge in [-0.1, -0.05) is 20.3 Å². The van der Waals surface area contributed by atoms with E-state index in [-0.39, 0.29) is 0 Å². The van der Waals surface area contributed by atoms with Crippen molar-refractivity contribution in [3.8, 4) is 0 Å². The third kappa shape index (κ3) is 4.69. The third-order valence-corrected chi connectivity index (χ3v) is 2.61. The molecule has 0 fully saturated rings. The lowest BCUT2D eigenvalue weighted by Gasteiger charge is -2.18. The van der Waals surface area contributed by atoms with E-state index >= 15 is 0 Å². The van der Waals surface area contributed by atoms with Gasteiger partial charge in [0.15, 0.2) is 0 Å².